The van der Waals surface area contributed by atoms with Gasteiger partial charge < -0.3 is 10.2 Å². The zero-order valence-corrected chi connectivity index (χ0v) is 33.2. The number of nitrogens with zero attached hydrogens (tertiary/aromatic N) is 2. The summed E-state index contributed by atoms with van der Waals surface area (Å²) >= 11 is 0. The Morgan fingerprint density at radius 1 is 0.433 bits per heavy atom. The third-order valence-electron chi connectivity index (χ3n) is 11.9. The van der Waals surface area contributed by atoms with Crippen LogP contribution in [0.4, 0.5) is 11.4 Å². The van der Waals surface area contributed by atoms with Gasteiger partial charge in [-0.25, -0.2) is 0 Å². The van der Waals surface area contributed by atoms with Gasteiger partial charge in [-0.05, 0) is 92.7 Å². The topological polar surface area (TPSA) is 99.3 Å². The number of Topliss-reactive ketones (excluding diaryl/α,β-unsaturated/α-hetero) is 2. The van der Waals surface area contributed by atoms with Crippen molar-refractivity contribution in [1.29, 1.82) is 0 Å². The molecule has 7 aromatic rings. The molecule has 6 heteroatoms. The van der Waals surface area contributed by atoms with Crippen LogP contribution >= 0.6 is 0 Å². The van der Waals surface area contributed by atoms with Gasteiger partial charge in [-0.3, -0.25) is 19.6 Å². The lowest BCUT2D eigenvalue weighted by molar-refractivity contribution is -0.116. The fourth-order valence-corrected chi connectivity index (χ4v) is 8.91. The third-order valence-corrected chi connectivity index (χ3v) is 11.9. The van der Waals surface area contributed by atoms with Crippen molar-refractivity contribution in [2.45, 2.75) is 50.4 Å². The summed E-state index contributed by atoms with van der Waals surface area (Å²) in [7, 11) is 0. The summed E-state index contributed by atoms with van der Waals surface area (Å²) in [5, 5.41) is 27.7. The van der Waals surface area contributed by atoms with Crippen molar-refractivity contribution in [1.82, 2.24) is 0 Å². The van der Waals surface area contributed by atoms with E-state index >= 15 is 0 Å². The van der Waals surface area contributed by atoms with Gasteiger partial charge in [0.15, 0.2) is 11.6 Å². The smallest absolute Gasteiger partial charge is 0.168 e. The summed E-state index contributed by atoms with van der Waals surface area (Å²) in [6.07, 6.45) is 1.95. The molecule has 0 amide bonds. The van der Waals surface area contributed by atoms with E-state index in [9.17, 15) is 19.8 Å². The standard InChI is InChI=1S/C54H44N2O4/c57-49(31-39-21-11-19-37-17-7-9-23-45(37)39)53-47(29-41(33-51(53)59)35-13-3-1-4-14-35)55-43-25-27-44(28-26-43)56-48-30-42(36-15-5-2-6-16-36)34-52(60)54(48)50(58)32-40-22-12-20-38-18-8-10-24-46(38)40/h1-28,41-42,57-58H,29-34H2/b53-49+,54-50+,55-47?,56-48?. The fraction of sp³-hybridized carbons (Fsp3) is 0.148. The minimum Gasteiger partial charge on any atom is -0.511 e. The second-order valence-electron chi connectivity index (χ2n) is 15.8. The summed E-state index contributed by atoms with van der Waals surface area (Å²) in [6, 6.07) is 55.5. The minimum absolute atomic E-state index is 0.0159. The van der Waals surface area contributed by atoms with E-state index in [1.54, 1.807) is 0 Å². The molecule has 2 atom stereocenters. The molecule has 2 unspecified atom stereocenters. The number of hydrogen-bond donors (Lipinski definition) is 2. The lowest BCUT2D eigenvalue weighted by Gasteiger charge is -2.26. The Hall–Kier alpha value is -7.18. The van der Waals surface area contributed by atoms with Crippen LogP contribution in [0, 0.1) is 0 Å². The van der Waals surface area contributed by atoms with Crippen LogP contribution in [-0.4, -0.2) is 33.2 Å². The number of rotatable bonds is 8. The molecule has 7 aromatic carbocycles. The predicted molar refractivity (Wildman–Crippen MR) is 242 cm³/mol. The zero-order chi connectivity index (χ0) is 41.0. The molecule has 294 valence electrons. The van der Waals surface area contributed by atoms with Gasteiger partial charge in [0, 0.05) is 25.7 Å². The number of aliphatic hydroxyl groups is 2. The lowest BCUT2D eigenvalue weighted by atomic mass is 9.78. The second kappa shape index (κ2) is 17.0. The molecule has 2 aliphatic carbocycles. The first-order valence-corrected chi connectivity index (χ1v) is 20.6. The molecule has 2 aliphatic rings. The summed E-state index contributed by atoms with van der Waals surface area (Å²) in [4.78, 5) is 38.1. The van der Waals surface area contributed by atoms with Crippen molar-refractivity contribution >= 4 is 55.9 Å². The molecule has 0 heterocycles. The molecule has 0 aromatic heterocycles. The largest absolute Gasteiger partial charge is 0.511 e. The number of benzene rings is 7. The average molecular weight is 785 g/mol. The van der Waals surface area contributed by atoms with E-state index in [4.69, 9.17) is 9.98 Å². The summed E-state index contributed by atoms with van der Waals surface area (Å²) in [5.74, 6) is -0.389. The summed E-state index contributed by atoms with van der Waals surface area (Å²) in [5.41, 5.74) is 6.86. The average Bonchev–Trinajstić information content (AvgIpc) is 3.27. The van der Waals surface area contributed by atoms with E-state index in [-0.39, 0.29) is 71.8 Å². The summed E-state index contributed by atoms with van der Waals surface area (Å²) < 4.78 is 0. The number of allylic oxidation sites excluding steroid dienone is 4. The molecule has 9 rings (SSSR count). The van der Waals surface area contributed by atoms with Crippen LogP contribution in [0.1, 0.15) is 59.8 Å². The zero-order valence-electron chi connectivity index (χ0n) is 33.2. The molecule has 2 N–H and O–H groups in total. The van der Waals surface area contributed by atoms with Crippen LogP contribution in [0.15, 0.2) is 203 Å². The minimum atomic E-state index is -0.132. The third kappa shape index (κ3) is 8.10. The SMILES string of the molecule is O=C1CC(c2ccccc2)CC(=Nc2ccc(N=C3CC(c4ccccc4)CC(=O)/C3=C(/O)Cc3cccc4ccccc34)cc2)/C1=C(\O)Cc1cccc2ccccc12. The number of carbonyl (C=O) groups excluding carboxylic acids is 2. The van der Waals surface area contributed by atoms with Crippen LogP contribution in [0.5, 0.6) is 0 Å². The van der Waals surface area contributed by atoms with Gasteiger partial charge >= 0.3 is 0 Å². The molecule has 0 aliphatic heterocycles. The van der Waals surface area contributed by atoms with Crippen molar-refractivity contribution in [2.24, 2.45) is 9.98 Å². The fourth-order valence-electron chi connectivity index (χ4n) is 8.91. The Morgan fingerprint density at radius 3 is 1.22 bits per heavy atom. The Bertz CT molecular complexity index is 2660. The van der Waals surface area contributed by atoms with Gasteiger partial charge in [0.1, 0.15) is 11.5 Å². The highest BCUT2D eigenvalue weighted by atomic mass is 16.3. The lowest BCUT2D eigenvalue weighted by Crippen LogP contribution is -2.27. The number of aliphatic imine (C=N–C) groups is 2. The summed E-state index contributed by atoms with van der Waals surface area (Å²) in [6.45, 7) is 0. The number of ketones is 2. The van der Waals surface area contributed by atoms with Gasteiger partial charge in [0.2, 0.25) is 0 Å². The van der Waals surface area contributed by atoms with Crippen molar-refractivity contribution in [2.75, 3.05) is 0 Å². The van der Waals surface area contributed by atoms with E-state index < -0.39 is 0 Å². The molecule has 2 fully saturated rings. The number of carbonyl (C=O) groups is 2. The molecular formula is C54H44N2O4. The van der Waals surface area contributed by atoms with Gasteiger partial charge in [-0.15, -0.1) is 0 Å². The molecule has 0 bridgehead atoms. The van der Waals surface area contributed by atoms with E-state index in [1.807, 2.05) is 170 Å². The van der Waals surface area contributed by atoms with Crippen LogP contribution in [0.25, 0.3) is 21.5 Å². The number of fused-ring (bicyclic) bond motifs is 2. The molecule has 0 radical (unpaired) electrons. The molecule has 0 spiro atoms. The Kier molecular flexibility index (Phi) is 10.8. The maximum absolute atomic E-state index is 14.0. The molecule has 0 saturated heterocycles. The highest BCUT2D eigenvalue weighted by molar-refractivity contribution is 6.26. The van der Waals surface area contributed by atoms with Crippen LogP contribution in [0.3, 0.4) is 0 Å². The van der Waals surface area contributed by atoms with Crippen molar-refractivity contribution < 1.29 is 19.8 Å². The van der Waals surface area contributed by atoms with Gasteiger partial charge in [-0.2, -0.15) is 0 Å². The van der Waals surface area contributed by atoms with Gasteiger partial charge in [-0.1, -0.05) is 146 Å². The second-order valence-corrected chi connectivity index (χ2v) is 15.8. The van der Waals surface area contributed by atoms with Crippen molar-refractivity contribution in [3.8, 4) is 0 Å². The first-order valence-electron chi connectivity index (χ1n) is 20.6. The molecular weight excluding hydrogens is 741 g/mol. The van der Waals surface area contributed by atoms with Crippen LogP contribution in [0.2, 0.25) is 0 Å². The first-order chi connectivity index (χ1) is 29.4. The Morgan fingerprint density at radius 2 is 0.800 bits per heavy atom. The normalized spacial score (nSPS) is 20.2. The van der Waals surface area contributed by atoms with E-state index in [2.05, 4.69) is 0 Å². The van der Waals surface area contributed by atoms with Gasteiger partial charge in [0.05, 0.1) is 33.9 Å². The van der Waals surface area contributed by atoms with Crippen LogP contribution < -0.4 is 0 Å². The Balaban J connectivity index is 1.07. The number of hydrogen-bond acceptors (Lipinski definition) is 6. The van der Waals surface area contributed by atoms with Crippen LogP contribution in [-0.2, 0) is 22.4 Å². The van der Waals surface area contributed by atoms with Gasteiger partial charge in [0.25, 0.3) is 0 Å². The maximum atomic E-state index is 14.0. The molecule has 60 heavy (non-hydrogen) atoms. The maximum Gasteiger partial charge on any atom is 0.168 e. The monoisotopic (exact) mass is 784 g/mol. The predicted octanol–water partition coefficient (Wildman–Crippen LogP) is 12.5. The van der Waals surface area contributed by atoms with E-state index in [1.165, 1.54) is 0 Å². The van der Waals surface area contributed by atoms with Crippen molar-refractivity contribution in [3.63, 3.8) is 0 Å². The van der Waals surface area contributed by atoms with Crippen molar-refractivity contribution in [3.05, 3.63) is 215 Å². The quantitative estimate of drug-likeness (QED) is 0.118. The van der Waals surface area contributed by atoms with E-state index in [0.717, 1.165) is 43.8 Å². The first kappa shape index (κ1) is 38.3. The number of aliphatic hydroxyl groups excluding tert-OH is 2. The molecule has 2 saturated carbocycles. The molecule has 6 nitrogen and oxygen atoms in total. The highest BCUT2D eigenvalue weighted by Gasteiger charge is 2.34. The Labute approximate surface area is 349 Å². The van der Waals surface area contributed by atoms with E-state index in [0.29, 0.717) is 35.6 Å². The highest BCUT2D eigenvalue weighted by Crippen LogP contribution is 2.38.